The van der Waals surface area contributed by atoms with Crippen LogP contribution in [0.1, 0.15) is 23.2 Å². The largest absolute Gasteiger partial charge is 0.481 e. The number of ether oxygens (including phenoxy) is 1. The number of H-pyrrole nitrogens is 1. The molecular formula is C15H15F2N3O4. The highest BCUT2D eigenvalue weighted by Crippen LogP contribution is 2.25. The molecule has 0 unspecified atom stereocenters. The molecule has 1 aromatic heterocycles. The molecule has 3 N–H and O–H groups in total. The number of nitrogens with zero attached hydrogens (tertiary/aromatic N) is 1. The maximum absolute atomic E-state index is 12.3. The van der Waals surface area contributed by atoms with E-state index in [0.29, 0.717) is 17.7 Å². The first-order valence-corrected chi connectivity index (χ1v) is 7.06. The quantitative estimate of drug-likeness (QED) is 0.640. The van der Waals surface area contributed by atoms with Crippen LogP contribution in [-0.2, 0) is 4.79 Å². The Hall–Kier alpha value is -2.97. The van der Waals surface area contributed by atoms with Gasteiger partial charge in [0, 0.05) is 18.5 Å². The van der Waals surface area contributed by atoms with Gasteiger partial charge < -0.3 is 15.2 Å². The van der Waals surface area contributed by atoms with Gasteiger partial charge in [0.05, 0.1) is 17.5 Å². The second-order valence-corrected chi connectivity index (χ2v) is 4.82. The van der Waals surface area contributed by atoms with E-state index in [4.69, 9.17) is 5.11 Å². The van der Waals surface area contributed by atoms with Crippen molar-refractivity contribution in [2.45, 2.75) is 19.5 Å². The summed E-state index contributed by atoms with van der Waals surface area (Å²) in [5, 5.41) is 17.6. The highest BCUT2D eigenvalue weighted by Gasteiger charge is 2.16. The second-order valence-electron chi connectivity index (χ2n) is 4.82. The summed E-state index contributed by atoms with van der Waals surface area (Å²) in [5.74, 6) is -1.42. The van der Waals surface area contributed by atoms with Crippen LogP contribution in [0.5, 0.6) is 5.75 Å². The summed E-state index contributed by atoms with van der Waals surface area (Å²) in [6, 6.07) is 5.87. The fraction of sp³-hybridized carbons (Fsp3) is 0.267. The summed E-state index contributed by atoms with van der Waals surface area (Å²) in [6.07, 6.45) is 1.56. The number of aromatic amines is 1. The number of aliphatic carboxylic acids is 1. The van der Waals surface area contributed by atoms with E-state index in [-0.39, 0.29) is 24.3 Å². The Labute approximate surface area is 135 Å². The summed E-state index contributed by atoms with van der Waals surface area (Å²) in [4.78, 5) is 22.6. The molecule has 1 amide bonds. The van der Waals surface area contributed by atoms with E-state index in [1.807, 2.05) is 0 Å². The van der Waals surface area contributed by atoms with Crippen molar-refractivity contribution in [1.82, 2.24) is 15.5 Å². The number of hydrogen-bond acceptors (Lipinski definition) is 4. The minimum Gasteiger partial charge on any atom is -0.481 e. The minimum atomic E-state index is -2.95. The molecule has 0 fully saturated rings. The van der Waals surface area contributed by atoms with Crippen LogP contribution in [0.2, 0.25) is 0 Å². The molecule has 2 rings (SSSR count). The van der Waals surface area contributed by atoms with Crippen molar-refractivity contribution in [1.29, 1.82) is 0 Å². The van der Waals surface area contributed by atoms with Gasteiger partial charge in [-0.15, -0.1) is 0 Å². The fourth-order valence-electron chi connectivity index (χ4n) is 2.04. The predicted molar refractivity (Wildman–Crippen MR) is 79.9 cm³/mol. The summed E-state index contributed by atoms with van der Waals surface area (Å²) >= 11 is 0. The van der Waals surface area contributed by atoms with Gasteiger partial charge in [0.25, 0.3) is 5.91 Å². The molecule has 0 atom stereocenters. The highest BCUT2D eigenvalue weighted by molar-refractivity contribution is 5.99. The van der Waals surface area contributed by atoms with Crippen LogP contribution in [0, 0.1) is 0 Å². The Balaban J connectivity index is 2.09. The van der Waals surface area contributed by atoms with Crippen LogP contribution in [0.4, 0.5) is 8.78 Å². The maximum Gasteiger partial charge on any atom is 0.387 e. The number of amides is 1. The first kappa shape index (κ1) is 17.4. The maximum atomic E-state index is 12.3. The fourth-order valence-corrected chi connectivity index (χ4v) is 2.04. The van der Waals surface area contributed by atoms with Crippen LogP contribution in [0.25, 0.3) is 11.3 Å². The monoisotopic (exact) mass is 339 g/mol. The van der Waals surface area contributed by atoms with E-state index in [0.717, 1.165) is 0 Å². The SMILES string of the molecule is O=C(O)CCCNC(=O)c1cn[nH]c1-c1cccc(OC(F)F)c1. The van der Waals surface area contributed by atoms with Crippen molar-refractivity contribution < 1.29 is 28.2 Å². The number of carbonyl (C=O) groups is 2. The number of alkyl halides is 2. The number of halogens is 2. The molecule has 9 heteroatoms. The van der Waals surface area contributed by atoms with Gasteiger partial charge in [0.15, 0.2) is 0 Å². The first-order chi connectivity index (χ1) is 11.5. The number of nitrogens with one attached hydrogen (secondary N) is 2. The number of benzene rings is 1. The van der Waals surface area contributed by atoms with E-state index in [9.17, 15) is 18.4 Å². The van der Waals surface area contributed by atoms with Crippen molar-refractivity contribution in [3.63, 3.8) is 0 Å². The normalized spacial score (nSPS) is 10.6. The van der Waals surface area contributed by atoms with Crippen LogP contribution in [0.15, 0.2) is 30.5 Å². The second kappa shape index (κ2) is 8.04. The summed E-state index contributed by atoms with van der Waals surface area (Å²) in [5.41, 5.74) is 1.03. The van der Waals surface area contributed by atoms with Crippen molar-refractivity contribution in [2.75, 3.05) is 6.54 Å². The lowest BCUT2D eigenvalue weighted by molar-refractivity contribution is -0.137. The molecule has 0 radical (unpaired) electrons. The number of aromatic nitrogens is 2. The zero-order valence-electron chi connectivity index (χ0n) is 12.5. The lowest BCUT2D eigenvalue weighted by Crippen LogP contribution is -2.25. The van der Waals surface area contributed by atoms with Gasteiger partial charge >= 0.3 is 12.6 Å². The Morgan fingerprint density at radius 2 is 2.17 bits per heavy atom. The molecule has 0 aliphatic rings. The topological polar surface area (TPSA) is 104 Å². The number of carboxylic acid groups (broad SMARTS) is 1. The van der Waals surface area contributed by atoms with Gasteiger partial charge in [-0.05, 0) is 18.6 Å². The molecule has 0 bridgehead atoms. The molecular weight excluding hydrogens is 324 g/mol. The Morgan fingerprint density at radius 3 is 2.88 bits per heavy atom. The molecule has 24 heavy (non-hydrogen) atoms. The molecule has 0 saturated heterocycles. The molecule has 0 aliphatic carbocycles. The molecule has 7 nitrogen and oxygen atoms in total. The Kier molecular flexibility index (Phi) is 5.83. The number of rotatable bonds is 8. The number of hydrogen-bond donors (Lipinski definition) is 3. The Bertz CT molecular complexity index is 718. The van der Waals surface area contributed by atoms with Gasteiger partial charge in [-0.25, -0.2) is 0 Å². The van der Waals surface area contributed by atoms with Crippen LogP contribution in [-0.4, -0.2) is 40.3 Å². The van der Waals surface area contributed by atoms with E-state index >= 15 is 0 Å². The lowest BCUT2D eigenvalue weighted by atomic mass is 10.1. The molecule has 0 aliphatic heterocycles. The predicted octanol–water partition coefficient (Wildman–Crippen LogP) is 2.27. The van der Waals surface area contributed by atoms with Crippen LogP contribution < -0.4 is 10.1 Å². The van der Waals surface area contributed by atoms with Crippen molar-refractivity contribution in [3.8, 4) is 17.0 Å². The lowest BCUT2D eigenvalue weighted by Gasteiger charge is -2.08. The molecule has 2 aromatic rings. The van der Waals surface area contributed by atoms with Crippen LogP contribution >= 0.6 is 0 Å². The third-order valence-corrected chi connectivity index (χ3v) is 3.08. The standard InChI is InChI=1S/C15H15F2N3O4/c16-15(17)24-10-4-1-3-9(7-10)13-11(8-19-20-13)14(23)18-6-2-5-12(21)22/h1,3-4,7-8,15H,2,5-6H2,(H,18,23)(H,19,20)(H,21,22). The van der Waals surface area contributed by atoms with Gasteiger partial charge in [0.2, 0.25) is 0 Å². The van der Waals surface area contributed by atoms with Gasteiger partial charge in [-0.1, -0.05) is 12.1 Å². The highest BCUT2D eigenvalue weighted by atomic mass is 19.3. The molecule has 1 aromatic carbocycles. The summed E-state index contributed by atoms with van der Waals surface area (Å²) in [6.45, 7) is -2.75. The Morgan fingerprint density at radius 1 is 1.38 bits per heavy atom. The van der Waals surface area contributed by atoms with E-state index in [1.165, 1.54) is 24.4 Å². The molecule has 128 valence electrons. The van der Waals surface area contributed by atoms with Crippen molar-refractivity contribution in [2.24, 2.45) is 0 Å². The zero-order chi connectivity index (χ0) is 17.5. The van der Waals surface area contributed by atoms with E-state index in [2.05, 4.69) is 20.3 Å². The summed E-state index contributed by atoms with van der Waals surface area (Å²) < 4.78 is 28.9. The van der Waals surface area contributed by atoms with Gasteiger partial charge in [-0.2, -0.15) is 13.9 Å². The van der Waals surface area contributed by atoms with Gasteiger partial charge in [-0.3, -0.25) is 14.7 Å². The van der Waals surface area contributed by atoms with Gasteiger partial charge in [0.1, 0.15) is 5.75 Å². The molecule has 0 spiro atoms. The number of carbonyl (C=O) groups excluding carboxylic acids is 1. The third kappa shape index (κ3) is 4.77. The molecule has 1 heterocycles. The average molecular weight is 339 g/mol. The minimum absolute atomic E-state index is 0.0371. The smallest absolute Gasteiger partial charge is 0.387 e. The van der Waals surface area contributed by atoms with E-state index < -0.39 is 18.5 Å². The number of carboxylic acids is 1. The van der Waals surface area contributed by atoms with Crippen molar-refractivity contribution >= 4 is 11.9 Å². The summed E-state index contributed by atoms with van der Waals surface area (Å²) in [7, 11) is 0. The van der Waals surface area contributed by atoms with E-state index in [1.54, 1.807) is 6.07 Å². The van der Waals surface area contributed by atoms with Crippen LogP contribution in [0.3, 0.4) is 0 Å². The molecule has 0 saturated carbocycles. The third-order valence-electron chi connectivity index (χ3n) is 3.08. The van der Waals surface area contributed by atoms with Crippen molar-refractivity contribution in [3.05, 3.63) is 36.0 Å². The average Bonchev–Trinajstić information content (AvgIpc) is 3.00. The zero-order valence-corrected chi connectivity index (χ0v) is 12.5. The first-order valence-electron chi connectivity index (χ1n) is 7.06.